The van der Waals surface area contributed by atoms with E-state index < -0.39 is 23.8 Å². The van der Waals surface area contributed by atoms with Crippen LogP contribution in [0.3, 0.4) is 0 Å². The number of thiazole rings is 1. The minimum Gasteiger partial charge on any atom is -0.488 e. The maximum atomic E-state index is 13.7. The smallest absolute Gasteiger partial charge is 0.409 e. The lowest BCUT2D eigenvalue weighted by molar-refractivity contribution is -0.127. The van der Waals surface area contributed by atoms with Crippen LogP contribution < -0.4 is 25.8 Å². The van der Waals surface area contributed by atoms with Gasteiger partial charge in [0.25, 0.3) is 0 Å². The Morgan fingerprint density at radius 3 is 2.80 bits per heavy atom. The molecular formula is C33H38N6O6S. The number of primary amides is 1. The predicted octanol–water partition coefficient (Wildman–Crippen LogP) is 4.67. The number of nitrogens with one attached hydrogen (secondary N) is 2. The minimum atomic E-state index is -0.946. The zero-order valence-corrected chi connectivity index (χ0v) is 26.7. The highest BCUT2D eigenvalue weighted by atomic mass is 32.1. The number of carbonyl (C=O) groups excluding carboxylic acids is 4. The third-order valence-corrected chi connectivity index (χ3v) is 9.61. The van der Waals surface area contributed by atoms with E-state index in [1.165, 1.54) is 16.2 Å². The fraction of sp³-hybridized carbons (Fsp3) is 0.455. The van der Waals surface area contributed by atoms with E-state index in [0.29, 0.717) is 40.3 Å². The van der Waals surface area contributed by atoms with Gasteiger partial charge in [0, 0.05) is 41.8 Å². The van der Waals surface area contributed by atoms with Gasteiger partial charge in [-0.2, -0.15) is 0 Å². The molecule has 1 aromatic carbocycles. The molecule has 1 aliphatic carbocycles. The number of carbonyl (C=O) groups is 4. The molecule has 4 unspecified atom stereocenters. The monoisotopic (exact) mass is 646 g/mol. The predicted molar refractivity (Wildman–Crippen MR) is 173 cm³/mol. The number of ether oxygens (including phenoxy) is 2. The number of nitrogens with zero attached hydrogens (tertiary/aromatic N) is 3. The van der Waals surface area contributed by atoms with Crippen LogP contribution in [0.5, 0.6) is 11.5 Å². The lowest BCUT2D eigenvalue weighted by Gasteiger charge is -2.25. The number of benzene rings is 1. The van der Waals surface area contributed by atoms with Crippen molar-refractivity contribution in [3.63, 3.8) is 0 Å². The third-order valence-electron chi connectivity index (χ3n) is 8.73. The van der Waals surface area contributed by atoms with Crippen LogP contribution in [-0.2, 0) is 9.59 Å². The highest BCUT2D eigenvalue weighted by molar-refractivity contribution is 7.13. The molecule has 2 aliphatic heterocycles. The van der Waals surface area contributed by atoms with Gasteiger partial charge >= 0.3 is 12.1 Å². The van der Waals surface area contributed by atoms with Crippen molar-refractivity contribution in [3.8, 4) is 22.2 Å². The summed E-state index contributed by atoms with van der Waals surface area (Å²) in [5.74, 6) is 0.518. The van der Waals surface area contributed by atoms with Gasteiger partial charge in [0.2, 0.25) is 5.91 Å². The van der Waals surface area contributed by atoms with Crippen molar-refractivity contribution in [3.05, 3.63) is 47.5 Å². The van der Waals surface area contributed by atoms with Crippen LogP contribution in [0.4, 0.5) is 9.59 Å². The molecule has 3 aromatic rings. The van der Waals surface area contributed by atoms with Crippen molar-refractivity contribution in [1.82, 2.24) is 25.5 Å². The van der Waals surface area contributed by atoms with Gasteiger partial charge in [-0.05, 0) is 43.7 Å². The SMILES string of the molecule is CC(C)c1csc(-c2cc(OC3CC4C(=O)NC5(C=O)CC5/C=C/CCCCCNC(=O)N4C3)c3ccc(OC(N)=O)cc3n2)n1. The van der Waals surface area contributed by atoms with Gasteiger partial charge in [-0.25, -0.2) is 19.6 Å². The Morgan fingerprint density at radius 2 is 2.04 bits per heavy atom. The van der Waals surface area contributed by atoms with Crippen LogP contribution in [0.25, 0.3) is 21.6 Å². The Labute approximate surface area is 270 Å². The Bertz CT molecular complexity index is 1690. The van der Waals surface area contributed by atoms with Crippen LogP contribution >= 0.6 is 11.3 Å². The number of nitrogens with two attached hydrogens (primary N) is 1. The standard InChI is InChI=1S/C33H38N6O6S/c1-19(2)26-17-46-30(37-26)25-14-28(23-10-9-21(45-31(34)42)12-24(23)36-25)44-22-13-27-29(41)38-33(18-40)15-20(33)8-6-4-3-5-7-11-35-32(43)39(27)16-22/h6,8-10,12,14,17-20,22,27H,3-5,7,11,13,15-16H2,1-2H3,(H2,34,42)(H,35,43)(H,38,41)/b8-6+. The Morgan fingerprint density at radius 1 is 1.20 bits per heavy atom. The van der Waals surface area contributed by atoms with Gasteiger partial charge in [0.05, 0.1) is 17.8 Å². The second-order valence-corrected chi connectivity index (χ2v) is 13.3. The van der Waals surface area contributed by atoms with E-state index in [0.717, 1.165) is 37.7 Å². The highest BCUT2D eigenvalue weighted by Gasteiger charge is 2.55. The summed E-state index contributed by atoms with van der Waals surface area (Å²) in [7, 11) is 0. The van der Waals surface area contributed by atoms with Gasteiger partial charge in [0.15, 0.2) is 0 Å². The van der Waals surface area contributed by atoms with Crippen LogP contribution in [0.15, 0.2) is 41.8 Å². The van der Waals surface area contributed by atoms with Crippen molar-refractivity contribution in [2.45, 2.75) is 76.0 Å². The molecule has 4 amide bonds. The molecule has 46 heavy (non-hydrogen) atoms. The number of hydrogen-bond acceptors (Lipinski definition) is 9. The Hall–Kier alpha value is -4.52. The molecule has 0 bridgehead atoms. The molecule has 12 nitrogen and oxygen atoms in total. The zero-order valence-electron chi connectivity index (χ0n) is 25.9. The van der Waals surface area contributed by atoms with Crippen molar-refractivity contribution in [2.75, 3.05) is 13.1 Å². The summed E-state index contributed by atoms with van der Waals surface area (Å²) in [6, 6.07) is 5.56. The molecule has 3 aliphatic rings. The first-order valence-electron chi connectivity index (χ1n) is 15.7. The number of amides is 4. The summed E-state index contributed by atoms with van der Waals surface area (Å²) >= 11 is 1.46. The Kier molecular flexibility index (Phi) is 8.94. The number of urea groups is 1. The van der Waals surface area contributed by atoms with E-state index in [1.54, 1.807) is 24.3 Å². The molecule has 4 heterocycles. The average molecular weight is 647 g/mol. The van der Waals surface area contributed by atoms with Crippen molar-refractivity contribution in [2.24, 2.45) is 11.7 Å². The van der Waals surface area contributed by atoms with Crippen molar-refractivity contribution in [1.29, 1.82) is 0 Å². The molecule has 1 saturated carbocycles. The Balaban J connectivity index is 1.31. The topological polar surface area (TPSA) is 166 Å². The molecular weight excluding hydrogens is 608 g/mol. The number of rotatable bonds is 6. The summed E-state index contributed by atoms with van der Waals surface area (Å²) in [5.41, 5.74) is 6.30. The van der Waals surface area contributed by atoms with E-state index in [4.69, 9.17) is 25.2 Å². The minimum absolute atomic E-state index is 0.0538. The third kappa shape index (κ3) is 6.69. The first-order chi connectivity index (χ1) is 22.2. The van der Waals surface area contributed by atoms with E-state index in [2.05, 4.69) is 30.6 Å². The fourth-order valence-corrected chi connectivity index (χ4v) is 7.00. The van der Waals surface area contributed by atoms with Gasteiger partial charge in [-0.1, -0.05) is 32.4 Å². The number of aldehydes is 1. The maximum Gasteiger partial charge on any atom is 0.409 e. The molecule has 1 saturated heterocycles. The van der Waals surface area contributed by atoms with Crippen LogP contribution in [0.2, 0.25) is 0 Å². The van der Waals surface area contributed by atoms with Gasteiger partial charge < -0.3 is 35.5 Å². The summed E-state index contributed by atoms with van der Waals surface area (Å²) in [5, 5.41) is 9.25. The lowest BCUT2D eigenvalue weighted by atomic mass is 10.1. The summed E-state index contributed by atoms with van der Waals surface area (Å²) in [6.45, 7) is 4.79. The molecule has 0 spiro atoms. The quantitative estimate of drug-likeness (QED) is 0.257. The van der Waals surface area contributed by atoms with E-state index >= 15 is 0 Å². The lowest BCUT2D eigenvalue weighted by Crippen LogP contribution is -2.53. The first kappa shape index (κ1) is 31.5. The maximum absolute atomic E-state index is 13.7. The largest absolute Gasteiger partial charge is 0.488 e. The van der Waals surface area contributed by atoms with Gasteiger partial charge in [-0.3, -0.25) is 4.79 Å². The van der Waals surface area contributed by atoms with Gasteiger partial charge in [-0.15, -0.1) is 11.3 Å². The molecule has 4 atom stereocenters. The molecule has 6 rings (SSSR count). The summed E-state index contributed by atoms with van der Waals surface area (Å²) < 4.78 is 11.7. The molecule has 2 fully saturated rings. The second kappa shape index (κ2) is 13.1. The van der Waals surface area contributed by atoms with E-state index in [9.17, 15) is 19.2 Å². The fourth-order valence-electron chi connectivity index (χ4n) is 6.05. The van der Waals surface area contributed by atoms with E-state index in [1.807, 2.05) is 11.5 Å². The second-order valence-electron chi connectivity index (χ2n) is 12.4. The van der Waals surface area contributed by atoms with E-state index in [-0.39, 0.29) is 42.5 Å². The van der Waals surface area contributed by atoms with Crippen LogP contribution in [0, 0.1) is 5.92 Å². The van der Waals surface area contributed by atoms with Crippen molar-refractivity contribution >= 4 is 46.6 Å². The highest BCUT2D eigenvalue weighted by Crippen LogP contribution is 2.43. The number of hydrogen-bond donors (Lipinski definition) is 3. The van der Waals surface area contributed by atoms with Crippen LogP contribution in [-0.4, -0.2) is 70.0 Å². The number of aromatic nitrogens is 2. The first-order valence-corrected chi connectivity index (χ1v) is 16.6. The summed E-state index contributed by atoms with van der Waals surface area (Å²) in [6.07, 6.45) is 7.88. The number of allylic oxidation sites excluding steroid dienone is 1. The molecule has 0 radical (unpaired) electrons. The van der Waals surface area contributed by atoms with Gasteiger partial charge in [0.1, 0.15) is 46.2 Å². The van der Waals surface area contributed by atoms with Crippen molar-refractivity contribution < 1.29 is 28.7 Å². The molecule has 242 valence electrons. The normalized spacial score (nSPS) is 25.8. The number of pyridine rings is 1. The van der Waals surface area contributed by atoms with Crippen LogP contribution in [0.1, 0.15) is 64.0 Å². The average Bonchev–Trinajstić information content (AvgIpc) is 3.33. The molecule has 13 heteroatoms. The molecule has 4 N–H and O–H groups in total. The molecule has 2 aromatic heterocycles. The summed E-state index contributed by atoms with van der Waals surface area (Å²) in [4.78, 5) is 61.6. The zero-order chi connectivity index (χ0) is 32.4. The number of fused-ring (bicyclic) bond motifs is 3.